The van der Waals surface area contributed by atoms with Crippen LogP contribution in [0.4, 0.5) is 0 Å². The van der Waals surface area contributed by atoms with E-state index in [0.29, 0.717) is 33.0 Å². The second-order valence-electron chi connectivity index (χ2n) is 5.57. The van der Waals surface area contributed by atoms with Gasteiger partial charge in [-0.25, -0.2) is 0 Å². The van der Waals surface area contributed by atoms with Gasteiger partial charge in [0.2, 0.25) is 0 Å². The molecule has 2 amide bonds. The zero-order valence-electron chi connectivity index (χ0n) is 15.1. The zero-order valence-corrected chi connectivity index (χ0v) is 15.1. The number of rotatable bonds is 3. The molecule has 1 aliphatic rings. The van der Waals surface area contributed by atoms with Gasteiger partial charge in [0.15, 0.2) is 11.6 Å². The van der Waals surface area contributed by atoms with Crippen LogP contribution in [0.15, 0.2) is 24.3 Å². The van der Waals surface area contributed by atoms with Gasteiger partial charge < -0.3 is 0 Å². The summed E-state index contributed by atoms with van der Waals surface area (Å²) in [6, 6.07) is 6.23. The molecule has 1 heterocycles. The van der Waals surface area contributed by atoms with E-state index in [4.69, 9.17) is 0 Å². The molecule has 0 unspecified atom stereocenters. The highest BCUT2D eigenvalue weighted by atomic mass is 16.2. The standard InChI is InChI=1S/C18H15NO4.C2H6/c1-4-14(21)11-6-8-13-16-12(17(22)19(3)18(13)23)7-5-10(9(2)20)15(11)16;1-2/h5-8H,4H2,1-3H3;1-2H3. The molecule has 2 aromatic rings. The van der Waals surface area contributed by atoms with Crippen molar-refractivity contribution in [3.63, 3.8) is 0 Å². The molecule has 0 spiro atoms. The Balaban J connectivity index is 0.00000109. The van der Waals surface area contributed by atoms with Gasteiger partial charge in [0.1, 0.15) is 0 Å². The first-order valence-corrected chi connectivity index (χ1v) is 8.34. The maximum Gasteiger partial charge on any atom is 0.261 e. The van der Waals surface area contributed by atoms with E-state index in [0.717, 1.165) is 4.90 Å². The van der Waals surface area contributed by atoms with Crippen LogP contribution in [0.1, 0.15) is 75.5 Å². The zero-order chi connectivity index (χ0) is 18.9. The Labute approximate surface area is 146 Å². The number of ketones is 2. The maximum absolute atomic E-state index is 12.4. The van der Waals surface area contributed by atoms with Gasteiger partial charge in [-0.3, -0.25) is 24.1 Å². The van der Waals surface area contributed by atoms with E-state index < -0.39 is 11.8 Å². The molecule has 0 atom stereocenters. The minimum Gasteiger partial charge on any atom is -0.294 e. The number of Topliss-reactive ketones (excluding diaryl/α,β-unsaturated/α-hetero) is 2. The van der Waals surface area contributed by atoms with Crippen LogP contribution in [0.2, 0.25) is 0 Å². The summed E-state index contributed by atoms with van der Waals surface area (Å²) in [4.78, 5) is 50.1. The van der Waals surface area contributed by atoms with Gasteiger partial charge in [0, 0.05) is 46.5 Å². The SMILES string of the molecule is CC.CCC(=O)c1ccc2c3c(ccc(C(C)=O)c13)C(=O)N(C)C2=O. The van der Waals surface area contributed by atoms with Crippen molar-refractivity contribution in [2.75, 3.05) is 7.05 Å². The first-order chi connectivity index (χ1) is 11.9. The Bertz CT molecular complexity index is 889. The summed E-state index contributed by atoms with van der Waals surface area (Å²) in [5, 5.41) is 0.819. The average Bonchev–Trinajstić information content (AvgIpc) is 2.64. The van der Waals surface area contributed by atoms with Crippen LogP contribution in [0, 0.1) is 0 Å². The molecule has 2 aromatic carbocycles. The number of hydrogen-bond donors (Lipinski definition) is 0. The van der Waals surface area contributed by atoms with Crippen molar-refractivity contribution in [2.24, 2.45) is 0 Å². The quantitative estimate of drug-likeness (QED) is 0.628. The maximum atomic E-state index is 12.4. The Morgan fingerprint density at radius 2 is 1.36 bits per heavy atom. The molecule has 1 aliphatic heterocycles. The van der Waals surface area contributed by atoms with E-state index in [1.807, 2.05) is 13.8 Å². The van der Waals surface area contributed by atoms with Gasteiger partial charge in [0.05, 0.1) is 0 Å². The Kier molecular flexibility index (Phi) is 5.16. The molecule has 0 saturated carbocycles. The number of carbonyl (C=O) groups is 4. The van der Waals surface area contributed by atoms with E-state index in [1.54, 1.807) is 31.2 Å². The third kappa shape index (κ3) is 2.76. The molecule has 0 N–H and O–H groups in total. The van der Waals surface area contributed by atoms with Crippen molar-refractivity contribution in [1.29, 1.82) is 0 Å². The lowest BCUT2D eigenvalue weighted by molar-refractivity contribution is 0.0649. The van der Waals surface area contributed by atoms with E-state index in [1.165, 1.54) is 14.0 Å². The fourth-order valence-electron chi connectivity index (χ4n) is 3.02. The van der Waals surface area contributed by atoms with Crippen molar-refractivity contribution in [3.8, 4) is 0 Å². The fraction of sp³-hybridized carbons (Fsp3) is 0.300. The number of carbonyl (C=O) groups excluding carboxylic acids is 4. The van der Waals surface area contributed by atoms with Gasteiger partial charge in [-0.15, -0.1) is 0 Å². The lowest BCUT2D eigenvalue weighted by Gasteiger charge is -2.25. The van der Waals surface area contributed by atoms with Crippen LogP contribution < -0.4 is 0 Å². The van der Waals surface area contributed by atoms with Crippen LogP contribution >= 0.6 is 0 Å². The van der Waals surface area contributed by atoms with E-state index in [9.17, 15) is 19.2 Å². The summed E-state index contributed by atoms with van der Waals surface area (Å²) < 4.78 is 0. The molecule has 3 rings (SSSR count). The summed E-state index contributed by atoms with van der Waals surface area (Å²) in [7, 11) is 1.42. The van der Waals surface area contributed by atoms with Crippen LogP contribution in [0.3, 0.4) is 0 Å². The summed E-state index contributed by atoms with van der Waals surface area (Å²) >= 11 is 0. The van der Waals surface area contributed by atoms with E-state index in [2.05, 4.69) is 0 Å². The van der Waals surface area contributed by atoms with Crippen molar-refractivity contribution in [2.45, 2.75) is 34.1 Å². The number of nitrogens with zero attached hydrogens (tertiary/aromatic N) is 1. The third-order valence-corrected chi connectivity index (χ3v) is 4.23. The number of amides is 2. The van der Waals surface area contributed by atoms with Gasteiger partial charge in [-0.2, -0.15) is 0 Å². The molecule has 0 bridgehead atoms. The molecular formula is C20H21NO4. The van der Waals surface area contributed by atoms with Gasteiger partial charge in [-0.1, -0.05) is 20.8 Å². The number of imide groups is 1. The van der Waals surface area contributed by atoms with E-state index >= 15 is 0 Å². The van der Waals surface area contributed by atoms with E-state index in [-0.39, 0.29) is 18.0 Å². The topological polar surface area (TPSA) is 71.5 Å². The van der Waals surface area contributed by atoms with Gasteiger partial charge in [0.25, 0.3) is 11.8 Å². The fourth-order valence-corrected chi connectivity index (χ4v) is 3.02. The Morgan fingerprint density at radius 3 is 1.80 bits per heavy atom. The number of hydrogen-bond acceptors (Lipinski definition) is 4. The molecule has 0 aromatic heterocycles. The highest BCUT2D eigenvalue weighted by molar-refractivity contribution is 6.30. The molecule has 130 valence electrons. The summed E-state index contributed by atoms with van der Waals surface area (Å²) in [5.41, 5.74) is 1.41. The highest BCUT2D eigenvalue weighted by Crippen LogP contribution is 2.34. The lowest BCUT2D eigenvalue weighted by Crippen LogP contribution is -2.37. The van der Waals surface area contributed by atoms with Crippen LogP contribution in [0.25, 0.3) is 10.8 Å². The second kappa shape index (κ2) is 6.97. The smallest absolute Gasteiger partial charge is 0.261 e. The Morgan fingerprint density at radius 1 is 0.880 bits per heavy atom. The lowest BCUT2D eigenvalue weighted by atomic mass is 9.86. The van der Waals surface area contributed by atoms with Crippen LogP contribution in [0.5, 0.6) is 0 Å². The van der Waals surface area contributed by atoms with Crippen LogP contribution in [-0.2, 0) is 0 Å². The molecule has 0 aliphatic carbocycles. The van der Waals surface area contributed by atoms with Crippen molar-refractivity contribution >= 4 is 34.2 Å². The molecule has 25 heavy (non-hydrogen) atoms. The number of benzene rings is 2. The van der Waals surface area contributed by atoms with Crippen molar-refractivity contribution in [1.82, 2.24) is 4.90 Å². The van der Waals surface area contributed by atoms with Crippen molar-refractivity contribution < 1.29 is 19.2 Å². The molecule has 0 radical (unpaired) electrons. The first-order valence-electron chi connectivity index (χ1n) is 8.34. The predicted molar refractivity (Wildman–Crippen MR) is 96.3 cm³/mol. The summed E-state index contributed by atoms with van der Waals surface area (Å²) in [5.74, 6) is -1.19. The monoisotopic (exact) mass is 339 g/mol. The third-order valence-electron chi connectivity index (χ3n) is 4.23. The summed E-state index contributed by atoms with van der Waals surface area (Å²) in [6.45, 7) is 7.14. The molecule has 0 saturated heterocycles. The molecule has 5 heteroatoms. The van der Waals surface area contributed by atoms with Gasteiger partial charge in [-0.05, 0) is 31.2 Å². The Hall–Kier alpha value is -2.82. The minimum atomic E-state index is -0.427. The highest BCUT2D eigenvalue weighted by Gasteiger charge is 2.32. The van der Waals surface area contributed by atoms with Gasteiger partial charge >= 0.3 is 0 Å². The van der Waals surface area contributed by atoms with Crippen molar-refractivity contribution in [3.05, 3.63) is 46.5 Å². The molecule has 5 nitrogen and oxygen atoms in total. The largest absolute Gasteiger partial charge is 0.294 e. The first kappa shape index (κ1) is 18.5. The second-order valence-corrected chi connectivity index (χ2v) is 5.57. The summed E-state index contributed by atoms with van der Waals surface area (Å²) in [6.07, 6.45) is 0.276. The predicted octanol–water partition coefficient (Wildman–Crippen LogP) is 3.89. The molecule has 0 fully saturated rings. The average molecular weight is 339 g/mol. The minimum absolute atomic E-state index is 0.130. The van der Waals surface area contributed by atoms with Crippen LogP contribution in [-0.4, -0.2) is 35.3 Å². The normalized spacial score (nSPS) is 12.8. The molecular weight excluding hydrogens is 318 g/mol.